The van der Waals surface area contributed by atoms with E-state index < -0.39 is 0 Å². The number of rotatable bonds is 3. The standard InChI is InChI=1S/C22H24N2O2/c1-14(2)15-7-9-16(10-8-15)24-17-12-22(3,4)13-18(25)20(17)21(23-24)19-6-5-11-26-19/h5-11,14H,12-13H2,1-4H3. The Morgan fingerprint density at radius 2 is 1.85 bits per heavy atom. The first-order chi connectivity index (χ1) is 12.4. The van der Waals surface area contributed by atoms with Crippen LogP contribution in [0.3, 0.4) is 0 Å². The highest BCUT2D eigenvalue weighted by Crippen LogP contribution is 2.40. The zero-order valence-electron chi connectivity index (χ0n) is 15.7. The van der Waals surface area contributed by atoms with Gasteiger partial charge in [-0.15, -0.1) is 0 Å². The number of carbonyl (C=O) groups is 1. The smallest absolute Gasteiger partial charge is 0.167 e. The molecule has 4 rings (SSSR count). The van der Waals surface area contributed by atoms with Gasteiger partial charge in [0.2, 0.25) is 0 Å². The molecule has 0 fully saturated rings. The first-order valence-corrected chi connectivity index (χ1v) is 9.15. The van der Waals surface area contributed by atoms with E-state index in [1.165, 1.54) is 5.56 Å². The van der Waals surface area contributed by atoms with Crippen molar-refractivity contribution in [3.63, 3.8) is 0 Å². The Morgan fingerprint density at radius 1 is 1.12 bits per heavy atom. The summed E-state index contributed by atoms with van der Waals surface area (Å²) in [6, 6.07) is 12.1. The molecule has 2 heterocycles. The molecule has 1 aliphatic carbocycles. The van der Waals surface area contributed by atoms with Gasteiger partial charge in [-0.25, -0.2) is 4.68 Å². The summed E-state index contributed by atoms with van der Waals surface area (Å²) in [4.78, 5) is 12.9. The molecule has 0 N–H and O–H groups in total. The van der Waals surface area contributed by atoms with Gasteiger partial charge in [-0.2, -0.15) is 5.10 Å². The summed E-state index contributed by atoms with van der Waals surface area (Å²) >= 11 is 0. The van der Waals surface area contributed by atoms with Gasteiger partial charge in [0.15, 0.2) is 11.5 Å². The average Bonchev–Trinajstić information content (AvgIpc) is 3.21. The van der Waals surface area contributed by atoms with Crippen molar-refractivity contribution in [3.8, 4) is 17.1 Å². The van der Waals surface area contributed by atoms with Crippen molar-refractivity contribution in [3.05, 3.63) is 59.5 Å². The van der Waals surface area contributed by atoms with Crippen LogP contribution in [0.15, 0.2) is 47.1 Å². The van der Waals surface area contributed by atoms with Crippen LogP contribution in [0.25, 0.3) is 17.1 Å². The molecule has 0 spiro atoms. The van der Waals surface area contributed by atoms with E-state index in [1.807, 2.05) is 16.8 Å². The molecule has 3 aromatic rings. The number of hydrogen-bond donors (Lipinski definition) is 0. The Bertz CT molecular complexity index is 945. The maximum atomic E-state index is 12.9. The zero-order valence-corrected chi connectivity index (χ0v) is 15.7. The van der Waals surface area contributed by atoms with Crippen LogP contribution in [0, 0.1) is 5.41 Å². The fraction of sp³-hybridized carbons (Fsp3) is 0.364. The zero-order chi connectivity index (χ0) is 18.5. The second-order valence-corrected chi connectivity index (χ2v) is 8.25. The van der Waals surface area contributed by atoms with Gasteiger partial charge in [-0.1, -0.05) is 39.8 Å². The van der Waals surface area contributed by atoms with Gasteiger partial charge in [0, 0.05) is 6.42 Å². The molecule has 2 aromatic heterocycles. The van der Waals surface area contributed by atoms with Gasteiger partial charge in [-0.3, -0.25) is 4.79 Å². The number of benzene rings is 1. The van der Waals surface area contributed by atoms with Gasteiger partial charge in [0.25, 0.3) is 0 Å². The van der Waals surface area contributed by atoms with Crippen LogP contribution < -0.4 is 0 Å². The summed E-state index contributed by atoms with van der Waals surface area (Å²) < 4.78 is 7.48. The number of Topliss-reactive ketones (excluding diaryl/α,β-unsaturated/α-hetero) is 1. The van der Waals surface area contributed by atoms with Gasteiger partial charge in [0.05, 0.1) is 23.2 Å². The van der Waals surface area contributed by atoms with E-state index in [2.05, 4.69) is 52.0 Å². The van der Waals surface area contributed by atoms with Gasteiger partial charge in [-0.05, 0) is 47.6 Å². The highest BCUT2D eigenvalue weighted by Gasteiger charge is 2.37. The van der Waals surface area contributed by atoms with Crippen LogP contribution in [0.2, 0.25) is 0 Å². The Hall–Kier alpha value is -2.62. The molecule has 0 aliphatic heterocycles. The van der Waals surface area contributed by atoms with Crippen molar-refractivity contribution in [2.24, 2.45) is 5.41 Å². The van der Waals surface area contributed by atoms with Crippen molar-refractivity contribution in [2.75, 3.05) is 0 Å². The SMILES string of the molecule is CC(C)c1ccc(-n2nc(-c3ccco3)c3c2CC(C)(C)CC3=O)cc1. The van der Waals surface area contributed by atoms with E-state index in [4.69, 9.17) is 9.52 Å². The molecule has 1 aromatic carbocycles. The third-order valence-electron chi connectivity index (χ3n) is 5.10. The topological polar surface area (TPSA) is 48.0 Å². The Kier molecular flexibility index (Phi) is 3.87. The lowest BCUT2D eigenvalue weighted by atomic mass is 9.75. The largest absolute Gasteiger partial charge is 0.463 e. The molecular formula is C22H24N2O2. The Labute approximate surface area is 153 Å². The van der Waals surface area contributed by atoms with Crippen LogP contribution in [0.1, 0.15) is 61.6 Å². The number of ketones is 1. The number of nitrogens with zero attached hydrogens (tertiary/aromatic N) is 2. The molecular weight excluding hydrogens is 324 g/mol. The van der Waals surface area contributed by atoms with Crippen molar-refractivity contribution < 1.29 is 9.21 Å². The first kappa shape index (κ1) is 16.8. The molecule has 134 valence electrons. The minimum atomic E-state index is -0.0693. The fourth-order valence-corrected chi connectivity index (χ4v) is 3.75. The molecule has 0 radical (unpaired) electrons. The van der Waals surface area contributed by atoms with E-state index in [0.717, 1.165) is 17.8 Å². The van der Waals surface area contributed by atoms with E-state index in [0.29, 0.717) is 29.4 Å². The van der Waals surface area contributed by atoms with Crippen LogP contribution in [0.4, 0.5) is 0 Å². The molecule has 26 heavy (non-hydrogen) atoms. The van der Waals surface area contributed by atoms with E-state index in [9.17, 15) is 4.79 Å². The Balaban J connectivity index is 1.90. The summed E-state index contributed by atoms with van der Waals surface area (Å²) in [6.07, 6.45) is 2.97. The molecule has 0 bridgehead atoms. The van der Waals surface area contributed by atoms with Gasteiger partial charge in [0.1, 0.15) is 5.69 Å². The predicted molar refractivity (Wildman–Crippen MR) is 102 cm³/mol. The molecule has 1 aliphatic rings. The minimum Gasteiger partial charge on any atom is -0.463 e. The molecule has 0 saturated heterocycles. The van der Waals surface area contributed by atoms with Crippen molar-refractivity contribution in [2.45, 2.75) is 46.5 Å². The monoisotopic (exact) mass is 348 g/mol. The normalized spacial score (nSPS) is 16.1. The third kappa shape index (κ3) is 2.79. The van der Waals surface area contributed by atoms with E-state index in [-0.39, 0.29) is 11.2 Å². The third-order valence-corrected chi connectivity index (χ3v) is 5.10. The summed E-state index contributed by atoms with van der Waals surface area (Å²) in [5.74, 6) is 1.27. The number of furan rings is 1. The predicted octanol–water partition coefficient (Wildman–Crippen LogP) is 5.41. The summed E-state index contributed by atoms with van der Waals surface area (Å²) in [5, 5.41) is 4.80. The summed E-state index contributed by atoms with van der Waals surface area (Å²) in [7, 11) is 0. The fourth-order valence-electron chi connectivity index (χ4n) is 3.75. The van der Waals surface area contributed by atoms with E-state index >= 15 is 0 Å². The summed E-state index contributed by atoms with van der Waals surface area (Å²) in [5.41, 5.74) is 4.55. The molecule has 4 heteroatoms. The molecule has 0 atom stereocenters. The maximum absolute atomic E-state index is 12.9. The molecule has 4 nitrogen and oxygen atoms in total. The lowest BCUT2D eigenvalue weighted by Crippen LogP contribution is -2.28. The average molecular weight is 348 g/mol. The highest BCUT2D eigenvalue weighted by molar-refractivity contribution is 6.03. The maximum Gasteiger partial charge on any atom is 0.167 e. The lowest BCUT2D eigenvalue weighted by Gasteiger charge is -2.29. The van der Waals surface area contributed by atoms with Crippen molar-refractivity contribution in [1.29, 1.82) is 0 Å². The van der Waals surface area contributed by atoms with Crippen LogP contribution in [0.5, 0.6) is 0 Å². The van der Waals surface area contributed by atoms with Crippen LogP contribution in [-0.2, 0) is 6.42 Å². The highest BCUT2D eigenvalue weighted by atomic mass is 16.3. The number of hydrogen-bond acceptors (Lipinski definition) is 3. The van der Waals surface area contributed by atoms with Crippen molar-refractivity contribution in [1.82, 2.24) is 9.78 Å². The lowest BCUT2D eigenvalue weighted by molar-refractivity contribution is 0.0911. The Morgan fingerprint density at radius 3 is 2.46 bits per heavy atom. The van der Waals surface area contributed by atoms with Gasteiger partial charge >= 0.3 is 0 Å². The van der Waals surface area contributed by atoms with Crippen LogP contribution >= 0.6 is 0 Å². The number of fused-ring (bicyclic) bond motifs is 1. The second-order valence-electron chi connectivity index (χ2n) is 8.25. The van der Waals surface area contributed by atoms with Crippen molar-refractivity contribution >= 4 is 5.78 Å². The number of carbonyl (C=O) groups excluding carboxylic acids is 1. The molecule has 0 saturated carbocycles. The molecule has 0 amide bonds. The second kappa shape index (κ2) is 5.97. The molecule has 0 unspecified atom stereocenters. The minimum absolute atomic E-state index is 0.0693. The summed E-state index contributed by atoms with van der Waals surface area (Å²) in [6.45, 7) is 8.64. The van der Waals surface area contributed by atoms with Crippen LogP contribution in [-0.4, -0.2) is 15.6 Å². The first-order valence-electron chi connectivity index (χ1n) is 9.15. The quantitative estimate of drug-likeness (QED) is 0.636. The van der Waals surface area contributed by atoms with Gasteiger partial charge < -0.3 is 4.42 Å². The number of aromatic nitrogens is 2. The van der Waals surface area contributed by atoms with E-state index in [1.54, 1.807) is 6.26 Å².